The van der Waals surface area contributed by atoms with Crippen molar-refractivity contribution in [2.45, 2.75) is 37.8 Å². The monoisotopic (exact) mass is 294 g/mol. The molecular weight excluding hydrogens is 282 g/mol. The summed E-state index contributed by atoms with van der Waals surface area (Å²) in [4.78, 5) is 19.2. The molecule has 0 saturated carbocycles. The van der Waals surface area contributed by atoms with E-state index in [1.807, 2.05) is 12.2 Å². The van der Waals surface area contributed by atoms with Crippen LogP contribution in [-0.2, 0) is 9.59 Å². The highest BCUT2D eigenvalue weighted by Crippen LogP contribution is 2.16. The van der Waals surface area contributed by atoms with Crippen molar-refractivity contribution in [3.8, 4) is 0 Å². The maximum atomic E-state index is 11.8. The Hall–Kier alpha value is -1.32. The first kappa shape index (κ1) is 17.7. The van der Waals surface area contributed by atoms with E-state index in [-0.39, 0.29) is 6.04 Å². The Balaban J connectivity index is 0.000000459. The molecule has 10 heteroatoms. The van der Waals surface area contributed by atoms with Crippen LogP contribution in [0.4, 0.5) is 26.3 Å². The molecule has 19 heavy (non-hydrogen) atoms. The predicted octanol–water partition coefficient (Wildman–Crippen LogP) is 1.16. The van der Waals surface area contributed by atoms with E-state index < -0.39 is 30.6 Å². The Morgan fingerprint density at radius 2 is 1.74 bits per heavy atom. The molecule has 4 nitrogen and oxygen atoms in total. The Morgan fingerprint density at radius 1 is 1.26 bits per heavy atom. The van der Waals surface area contributed by atoms with Gasteiger partial charge in [0.2, 0.25) is 6.29 Å². The molecule has 1 aliphatic rings. The van der Waals surface area contributed by atoms with Gasteiger partial charge in [-0.15, -0.1) is 0 Å². The number of carbonyl (C=O) groups excluding carboxylic acids is 2. The van der Waals surface area contributed by atoms with Crippen LogP contribution in [0.2, 0.25) is 0 Å². The second kappa shape index (κ2) is 6.73. The summed E-state index contributed by atoms with van der Waals surface area (Å²) in [6, 6.07) is -0.234. The Bertz CT molecular complexity index is 315. The quantitative estimate of drug-likeness (QED) is 0.564. The minimum Gasteiger partial charge on any atom is -0.344 e. The summed E-state index contributed by atoms with van der Waals surface area (Å²) in [5, 5.41) is 4.87. The molecule has 1 rings (SSSR count). The molecular formula is C9H12F6N2O2. The Kier molecular flexibility index (Phi) is 6.27. The fourth-order valence-electron chi connectivity index (χ4n) is 1.31. The second-order valence-corrected chi connectivity index (χ2v) is 3.87. The number of nitrogens with one attached hydrogen (secondary N) is 2. The molecule has 2 N–H and O–H groups in total. The lowest BCUT2D eigenvalue weighted by Gasteiger charge is -2.12. The Labute approximate surface area is 104 Å². The lowest BCUT2D eigenvalue weighted by atomic mass is 10.2. The molecule has 0 aromatic carbocycles. The molecule has 1 amide bonds. The van der Waals surface area contributed by atoms with E-state index in [9.17, 15) is 31.1 Å². The van der Waals surface area contributed by atoms with Crippen LogP contribution in [0.25, 0.3) is 0 Å². The second-order valence-electron chi connectivity index (χ2n) is 3.87. The predicted molar refractivity (Wildman–Crippen MR) is 52.2 cm³/mol. The fourth-order valence-corrected chi connectivity index (χ4v) is 1.31. The summed E-state index contributed by atoms with van der Waals surface area (Å²) in [7, 11) is 0. The number of aldehydes is 1. The van der Waals surface area contributed by atoms with Crippen molar-refractivity contribution >= 4 is 12.2 Å². The molecule has 1 heterocycles. The third-order valence-electron chi connectivity index (χ3n) is 2.08. The summed E-state index contributed by atoms with van der Waals surface area (Å²) in [5.41, 5.74) is 0. The number of hydrogen-bond donors (Lipinski definition) is 2. The normalized spacial score (nSPS) is 23.3. The van der Waals surface area contributed by atoms with Crippen molar-refractivity contribution in [3.63, 3.8) is 0 Å². The molecule has 0 radical (unpaired) electrons. The average molecular weight is 294 g/mol. The SMILES string of the molecule is C[C@H]1CC(NC(=O)C(F)(F)F)CN1.O=CC(F)(F)F. The summed E-state index contributed by atoms with van der Waals surface area (Å²) < 4.78 is 66.6. The lowest BCUT2D eigenvalue weighted by molar-refractivity contribution is -0.174. The lowest BCUT2D eigenvalue weighted by Crippen LogP contribution is -2.43. The highest BCUT2D eigenvalue weighted by Gasteiger charge is 2.40. The van der Waals surface area contributed by atoms with Crippen molar-refractivity contribution in [2.24, 2.45) is 0 Å². The molecule has 0 aliphatic carbocycles. The number of rotatable bonds is 1. The van der Waals surface area contributed by atoms with Gasteiger partial charge in [0.25, 0.3) is 0 Å². The van der Waals surface area contributed by atoms with Gasteiger partial charge in [0.1, 0.15) is 0 Å². The first-order valence-corrected chi connectivity index (χ1v) is 5.10. The van der Waals surface area contributed by atoms with E-state index >= 15 is 0 Å². The van der Waals surface area contributed by atoms with Crippen LogP contribution in [0, 0.1) is 0 Å². The molecule has 0 aromatic heterocycles. The molecule has 1 aliphatic heterocycles. The summed E-state index contributed by atoms with van der Waals surface area (Å²) >= 11 is 0. The molecule has 2 atom stereocenters. The van der Waals surface area contributed by atoms with Crippen LogP contribution in [0.5, 0.6) is 0 Å². The van der Waals surface area contributed by atoms with Crippen LogP contribution in [0.1, 0.15) is 13.3 Å². The topological polar surface area (TPSA) is 58.2 Å². The fraction of sp³-hybridized carbons (Fsp3) is 0.778. The van der Waals surface area contributed by atoms with Crippen molar-refractivity contribution in [1.29, 1.82) is 0 Å². The summed E-state index contributed by atoms with van der Waals surface area (Å²) in [6.45, 7) is 2.27. The van der Waals surface area contributed by atoms with Gasteiger partial charge in [-0.05, 0) is 13.3 Å². The van der Waals surface area contributed by atoms with E-state index in [1.165, 1.54) is 0 Å². The summed E-state index contributed by atoms with van der Waals surface area (Å²) in [6.07, 6.45) is -9.93. The van der Waals surface area contributed by atoms with E-state index in [1.54, 1.807) is 0 Å². The van der Waals surface area contributed by atoms with Gasteiger partial charge in [0.05, 0.1) is 0 Å². The number of amides is 1. The molecule has 1 fully saturated rings. The zero-order valence-corrected chi connectivity index (χ0v) is 9.73. The molecule has 0 bridgehead atoms. The number of hydrogen-bond acceptors (Lipinski definition) is 3. The Morgan fingerprint density at radius 3 is 2.00 bits per heavy atom. The van der Waals surface area contributed by atoms with Gasteiger partial charge in [0, 0.05) is 18.6 Å². The standard InChI is InChI=1S/C7H11F3N2O.C2HF3O/c1-4-2-5(3-11-4)12-6(13)7(8,9)10;3-2(4,5)1-6/h4-5,11H,2-3H2,1H3,(H,12,13);1H/t4-,5?;/m0./s1. The van der Waals surface area contributed by atoms with E-state index in [2.05, 4.69) is 5.32 Å². The minimum atomic E-state index is -4.77. The van der Waals surface area contributed by atoms with Crippen molar-refractivity contribution in [1.82, 2.24) is 10.6 Å². The molecule has 112 valence electrons. The van der Waals surface area contributed by atoms with Crippen LogP contribution >= 0.6 is 0 Å². The third-order valence-corrected chi connectivity index (χ3v) is 2.08. The minimum absolute atomic E-state index is 0.165. The first-order valence-electron chi connectivity index (χ1n) is 5.10. The molecule has 0 spiro atoms. The summed E-state index contributed by atoms with van der Waals surface area (Å²) in [5.74, 6) is -1.85. The van der Waals surface area contributed by atoms with Gasteiger partial charge in [0.15, 0.2) is 0 Å². The maximum absolute atomic E-state index is 11.8. The zero-order chi connectivity index (χ0) is 15.3. The molecule has 0 aromatic rings. The average Bonchev–Trinajstić information content (AvgIpc) is 2.62. The molecule has 1 saturated heterocycles. The highest BCUT2D eigenvalue weighted by molar-refractivity contribution is 5.82. The maximum Gasteiger partial charge on any atom is 0.471 e. The van der Waals surface area contributed by atoms with Crippen LogP contribution in [0.3, 0.4) is 0 Å². The third kappa shape index (κ3) is 8.41. The van der Waals surface area contributed by atoms with Crippen molar-refractivity contribution in [2.75, 3.05) is 6.54 Å². The van der Waals surface area contributed by atoms with E-state index in [0.717, 1.165) is 0 Å². The number of halogens is 6. The van der Waals surface area contributed by atoms with Gasteiger partial charge >= 0.3 is 18.3 Å². The van der Waals surface area contributed by atoms with Crippen LogP contribution in [0.15, 0.2) is 0 Å². The van der Waals surface area contributed by atoms with Gasteiger partial charge in [-0.3, -0.25) is 9.59 Å². The van der Waals surface area contributed by atoms with Crippen molar-refractivity contribution < 1.29 is 35.9 Å². The van der Waals surface area contributed by atoms with Gasteiger partial charge in [-0.1, -0.05) is 0 Å². The smallest absolute Gasteiger partial charge is 0.344 e. The van der Waals surface area contributed by atoms with E-state index in [4.69, 9.17) is 4.79 Å². The largest absolute Gasteiger partial charge is 0.471 e. The van der Waals surface area contributed by atoms with Gasteiger partial charge in [-0.25, -0.2) is 0 Å². The van der Waals surface area contributed by atoms with Gasteiger partial charge in [-0.2, -0.15) is 26.3 Å². The van der Waals surface area contributed by atoms with Crippen molar-refractivity contribution in [3.05, 3.63) is 0 Å². The van der Waals surface area contributed by atoms with E-state index in [0.29, 0.717) is 13.0 Å². The molecule has 1 unspecified atom stereocenters. The first-order chi connectivity index (χ1) is 8.45. The van der Waals surface area contributed by atoms with Gasteiger partial charge < -0.3 is 10.6 Å². The zero-order valence-electron chi connectivity index (χ0n) is 9.73. The number of carbonyl (C=O) groups is 2. The highest BCUT2D eigenvalue weighted by atomic mass is 19.4. The van der Waals surface area contributed by atoms with Crippen LogP contribution in [-0.4, -0.2) is 43.2 Å². The number of alkyl halides is 6. The van der Waals surface area contributed by atoms with Crippen LogP contribution < -0.4 is 10.6 Å².